The lowest BCUT2D eigenvalue weighted by molar-refractivity contribution is -0.136. The van der Waals surface area contributed by atoms with Crippen LogP contribution in [-0.4, -0.2) is 31.2 Å². The molecule has 5 heteroatoms. The van der Waals surface area contributed by atoms with Gasteiger partial charge < -0.3 is 19.8 Å². The molecule has 1 aromatic heterocycles. The first-order chi connectivity index (χ1) is 8.75. The van der Waals surface area contributed by atoms with Crippen molar-refractivity contribution in [3.8, 4) is 0 Å². The quantitative estimate of drug-likeness (QED) is 0.822. The van der Waals surface area contributed by atoms with E-state index in [1.807, 2.05) is 6.07 Å². The van der Waals surface area contributed by atoms with E-state index in [-0.39, 0.29) is 12.0 Å². The van der Waals surface area contributed by atoms with Gasteiger partial charge in [-0.05, 0) is 45.0 Å². The van der Waals surface area contributed by atoms with Crippen molar-refractivity contribution in [2.24, 2.45) is 0 Å². The van der Waals surface area contributed by atoms with Gasteiger partial charge in [0.05, 0.1) is 18.9 Å². The molecule has 1 aliphatic heterocycles. The molecule has 0 radical (unpaired) electrons. The molecule has 0 aromatic carbocycles. The summed E-state index contributed by atoms with van der Waals surface area (Å²) in [5.74, 6) is 0.655. The third kappa shape index (κ3) is 3.85. The molecular weight excluding hydrogens is 232 g/mol. The fourth-order valence-corrected chi connectivity index (χ4v) is 2.01. The molecule has 18 heavy (non-hydrogen) atoms. The standard InChI is InChI=1S/C13H20N2O3/c1-10(18-11-4-6-14-7-5-11)13(16)15-9-12-3-2-8-17-12/h2-3,8,10-11,14H,4-7,9H2,1H3,(H,15,16). The Morgan fingerprint density at radius 1 is 1.61 bits per heavy atom. The highest BCUT2D eigenvalue weighted by molar-refractivity contribution is 5.80. The normalized spacial score (nSPS) is 18.5. The van der Waals surface area contributed by atoms with Gasteiger partial charge in [-0.1, -0.05) is 0 Å². The first kappa shape index (κ1) is 13.1. The van der Waals surface area contributed by atoms with E-state index in [9.17, 15) is 4.79 Å². The monoisotopic (exact) mass is 252 g/mol. The van der Waals surface area contributed by atoms with Crippen LogP contribution in [0, 0.1) is 0 Å². The summed E-state index contributed by atoms with van der Waals surface area (Å²) < 4.78 is 10.9. The van der Waals surface area contributed by atoms with E-state index in [1.165, 1.54) is 0 Å². The second-order valence-corrected chi connectivity index (χ2v) is 4.52. The van der Waals surface area contributed by atoms with Gasteiger partial charge in [-0.3, -0.25) is 4.79 Å². The molecule has 0 saturated carbocycles. The van der Waals surface area contributed by atoms with Crippen LogP contribution >= 0.6 is 0 Å². The maximum atomic E-state index is 11.8. The third-order valence-corrected chi connectivity index (χ3v) is 3.07. The minimum Gasteiger partial charge on any atom is -0.467 e. The average molecular weight is 252 g/mol. The number of piperidine rings is 1. The Hall–Kier alpha value is -1.33. The minimum atomic E-state index is -0.414. The Balaban J connectivity index is 1.70. The molecule has 100 valence electrons. The molecule has 0 spiro atoms. The third-order valence-electron chi connectivity index (χ3n) is 3.07. The number of furan rings is 1. The van der Waals surface area contributed by atoms with Crippen LogP contribution in [0.2, 0.25) is 0 Å². The van der Waals surface area contributed by atoms with E-state index in [0.29, 0.717) is 6.54 Å². The minimum absolute atomic E-state index is 0.0927. The molecule has 2 rings (SSSR count). The zero-order valence-corrected chi connectivity index (χ0v) is 10.6. The molecule has 1 aliphatic rings. The van der Waals surface area contributed by atoms with Crippen LogP contribution in [0.5, 0.6) is 0 Å². The number of carbonyl (C=O) groups is 1. The van der Waals surface area contributed by atoms with Crippen LogP contribution < -0.4 is 10.6 Å². The Labute approximate surface area is 107 Å². The van der Waals surface area contributed by atoms with Gasteiger partial charge >= 0.3 is 0 Å². The summed E-state index contributed by atoms with van der Waals surface area (Å²) in [5.41, 5.74) is 0. The van der Waals surface area contributed by atoms with Crippen LogP contribution in [0.25, 0.3) is 0 Å². The highest BCUT2D eigenvalue weighted by atomic mass is 16.5. The van der Waals surface area contributed by atoms with Gasteiger partial charge in [0.15, 0.2) is 0 Å². The lowest BCUT2D eigenvalue weighted by Gasteiger charge is -2.25. The van der Waals surface area contributed by atoms with Gasteiger partial charge in [-0.25, -0.2) is 0 Å². The molecule has 1 saturated heterocycles. The molecule has 2 heterocycles. The Morgan fingerprint density at radius 3 is 3.06 bits per heavy atom. The first-order valence-corrected chi connectivity index (χ1v) is 6.42. The highest BCUT2D eigenvalue weighted by Gasteiger charge is 2.20. The summed E-state index contributed by atoms with van der Waals surface area (Å²) in [6, 6.07) is 3.63. The first-order valence-electron chi connectivity index (χ1n) is 6.42. The van der Waals surface area contributed by atoms with Crippen molar-refractivity contribution < 1.29 is 13.9 Å². The molecule has 5 nitrogen and oxygen atoms in total. The van der Waals surface area contributed by atoms with E-state index < -0.39 is 6.10 Å². The Kier molecular flexibility index (Phi) is 4.78. The topological polar surface area (TPSA) is 63.5 Å². The molecule has 1 atom stereocenters. The summed E-state index contributed by atoms with van der Waals surface area (Å²) in [6.07, 6.45) is 3.31. The van der Waals surface area contributed by atoms with Crippen LogP contribution in [0.15, 0.2) is 22.8 Å². The van der Waals surface area contributed by atoms with Crippen molar-refractivity contribution in [3.05, 3.63) is 24.2 Å². The second kappa shape index (κ2) is 6.56. The number of rotatable bonds is 5. The van der Waals surface area contributed by atoms with Gasteiger partial charge in [-0.2, -0.15) is 0 Å². The maximum Gasteiger partial charge on any atom is 0.249 e. The molecule has 1 amide bonds. The number of ether oxygens (including phenoxy) is 1. The van der Waals surface area contributed by atoms with Gasteiger partial charge in [0.1, 0.15) is 11.9 Å². The molecule has 2 N–H and O–H groups in total. The number of hydrogen-bond acceptors (Lipinski definition) is 4. The van der Waals surface area contributed by atoms with Crippen molar-refractivity contribution in [1.82, 2.24) is 10.6 Å². The van der Waals surface area contributed by atoms with E-state index in [1.54, 1.807) is 19.3 Å². The molecule has 1 fully saturated rings. The predicted octanol–water partition coefficient (Wildman–Crippen LogP) is 1.05. The number of carbonyl (C=O) groups excluding carboxylic acids is 1. The van der Waals surface area contributed by atoms with Crippen LogP contribution in [0.1, 0.15) is 25.5 Å². The van der Waals surface area contributed by atoms with Crippen LogP contribution in [0.4, 0.5) is 0 Å². The Morgan fingerprint density at radius 2 is 2.39 bits per heavy atom. The number of nitrogens with one attached hydrogen (secondary N) is 2. The summed E-state index contributed by atoms with van der Waals surface area (Å²) in [7, 11) is 0. The zero-order valence-electron chi connectivity index (χ0n) is 10.6. The molecule has 1 unspecified atom stereocenters. The van der Waals surface area contributed by atoms with Gasteiger partial charge in [-0.15, -0.1) is 0 Å². The lowest BCUT2D eigenvalue weighted by Crippen LogP contribution is -2.40. The van der Waals surface area contributed by atoms with Crippen molar-refractivity contribution >= 4 is 5.91 Å². The van der Waals surface area contributed by atoms with Crippen LogP contribution in [0.3, 0.4) is 0 Å². The average Bonchev–Trinajstić information content (AvgIpc) is 2.90. The van der Waals surface area contributed by atoms with Crippen LogP contribution in [-0.2, 0) is 16.1 Å². The Bertz CT molecular complexity index is 358. The summed E-state index contributed by atoms with van der Waals surface area (Å²) in [5, 5.41) is 6.07. The van der Waals surface area contributed by atoms with Crippen molar-refractivity contribution in [3.63, 3.8) is 0 Å². The van der Waals surface area contributed by atoms with Gasteiger partial charge in [0.25, 0.3) is 0 Å². The lowest BCUT2D eigenvalue weighted by atomic mass is 10.1. The molecule has 1 aromatic rings. The zero-order chi connectivity index (χ0) is 12.8. The fourth-order valence-electron chi connectivity index (χ4n) is 2.01. The van der Waals surface area contributed by atoms with Gasteiger partial charge in [0, 0.05) is 0 Å². The van der Waals surface area contributed by atoms with E-state index in [0.717, 1.165) is 31.7 Å². The summed E-state index contributed by atoms with van der Waals surface area (Å²) >= 11 is 0. The largest absolute Gasteiger partial charge is 0.467 e. The SMILES string of the molecule is CC(OC1CCNCC1)C(=O)NCc1ccco1. The van der Waals surface area contributed by atoms with E-state index >= 15 is 0 Å². The smallest absolute Gasteiger partial charge is 0.249 e. The number of hydrogen-bond donors (Lipinski definition) is 2. The molecular formula is C13H20N2O3. The molecule has 0 aliphatic carbocycles. The van der Waals surface area contributed by atoms with Gasteiger partial charge in [0.2, 0.25) is 5.91 Å². The van der Waals surface area contributed by atoms with E-state index in [2.05, 4.69) is 10.6 Å². The maximum absolute atomic E-state index is 11.8. The predicted molar refractivity (Wildman–Crippen MR) is 67.0 cm³/mol. The van der Waals surface area contributed by atoms with E-state index in [4.69, 9.17) is 9.15 Å². The second-order valence-electron chi connectivity index (χ2n) is 4.52. The summed E-state index contributed by atoms with van der Waals surface area (Å²) in [4.78, 5) is 11.8. The number of amides is 1. The fraction of sp³-hybridized carbons (Fsp3) is 0.615. The molecule has 0 bridgehead atoms. The van der Waals surface area contributed by atoms with Crippen molar-refractivity contribution in [2.45, 2.75) is 38.5 Å². The summed E-state index contributed by atoms with van der Waals surface area (Å²) in [6.45, 7) is 4.13. The van der Waals surface area contributed by atoms with Crippen molar-refractivity contribution in [1.29, 1.82) is 0 Å². The highest BCUT2D eigenvalue weighted by Crippen LogP contribution is 2.10. The van der Waals surface area contributed by atoms with Crippen molar-refractivity contribution in [2.75, 3.05) is 13.1 Å².